The van der Waals surface area contributed by atoms with Crippen LogP contribution in [0.25, 0.3) is 0 Å². The van der Waals surface area contributed by atoms with E-state index in [-0.39, 0.29) is 28.9 Å². The van der Waals surface area contributed by atoms with Crippen LogP contribution in [0.15, 0.2) is 77.7 Å². The number of nitrogens with one attached hydrogen (secondary N) is 1. The second-order valence-corrected chi connectivity index (χ2v) is 10.9. The van der Waals surface area contributed by atoms with Crippen molar-refractivity contribution in [3.8, 4) is 11.5 Å². The molecule has 3 aromatic rings. The summed E-state index contributed by atoms with van der Waals surface area (Å²) in [5.41, 5.74) is 1.39. The number of likely N-dealkylation sites (N-methyl/N-ethyl adjacent to an activating group) is 1. The van der Waals surface area contributed by atoms with Crippen LogP contribution in [-0.2, 0) is 26.2 Å². The Labute approximate surface area is 227 Å². The van der Waals surface area contributed by atoms with Gasteiger partial charge in [0.2, 0.25) is 15.9 Å². The molecule has 0 saturated heterocycles. The van der Waals surface area contributed by atoms with Crippen LogP contribution in [0.3, 0.4) is 0 Å². The Morgan fingerprint density at radius 2 is 1.82 bits per heavy atom. The van der Waals surface area contributed by atoms with Gasteiger partial charge in [0.15, 0.2) is 6.10 Å². The van der Waals surface area contributed by atoms with Crippen molar-refractivity contribution >= 4 is 39.1 Å². The van der Waals surface area contributed by atoms with Gasteiger partial charge >= 0.3 is 0 Å². The summed E-state index contributed by atoms with van der Waals surface area (Å²) in [7, 11) is -2.61. The topological polar surface area (TPSA) is 105 Å². The minimum atomic E-state index is -4.04. The van der Waals surface area contributed by atoms with Crippen LogP contribution in [0.1, 0.15) is 12.5 Å². The highest BCUT2D eigenvalue weighted by atomic mass is 35.5. The summed E-state index contributed by atoms with van der Waals surface area (Å²) in [5, 5.41) is 2.98. The molecule has 0 spiro atoms. The number of anilines is 1. The van der Waals surface area contributed by atoms with E-state index >= 15 is 0 Å². The van der Waals surface area contributed by atoms with E-state index in [1.54, 1.807) is 31.2 Å². The minimum Gasteiger partial charge on any atom is -0.495 e. The summed E-state index contributed by atoms with van der Waals surface area (Å²) < 4.78 is 38.7. The molecule has 11 heteroatoms. The molecule has 200 valence electrons. The summed E-state index contributed by atoms with van der Waals surface area (Å²) in [6, 6.07) is 20.4. The lowest BCUT2D eigenvalue weighted by molar-refractivity contribution is -0.128. The lowest BCUT2D eigenvalue weighted by Gasteiger charge is -2.35. The SMILES string of the molecule is CCN(CC(=O)N1C[C@H](C(=O)NCc2ccccc2)Oc2ccccc21)S(=O)(=O)c1ccc(OC)c(Cl)c1. The maximum absolute atomic E-state index is 13.5. The van der Waals surface area contributed by atoms with E-state index in [0.717, 1.165) is 9.87 Å². The van der Waals surface area contributed by atoms with Crippen molar-refractivity contribution in [2.24, 2.45) is 0 Å². The molecule has 9 nitrogen and oxygen atoms in total. The summed E-state index contributed by atoms with van der Waals surface area (Å²) in [5.74, 6) is -0.174. The van der Waals surface area contributed by atoms with Crippen LogP contribution in [-0.4, -0.2) is 57.4 Å². The molecular formula is C27H28ClN3O6S. The Bertz CT molecular complexity index is 1420. The van der Waals surface area contributed by atoms with Gasteiger partial charge in [-0.1, -0.05) is 61.0 Å². The molecule has 0 bridgehead atoms. The second kappa shape index (κ2) is 11.8. The van der Waals surface area contributed by atoms with Crippen LogP contribution in [0.2, 0.25) is 5.02 Å². The number of benzene rings is 3. The molecule has 0 saturated carbocycles. The number of ether oxygens (including phenoxy) is 2. The van der Waals surface area contributed by atoms with E-state index < -0.39 is 28.6 Å². The normalized spacial score (nSPS) is 14.9. The first-order chi connectivity index (χ1) is 18.2. The smallest absolute Gasteiger partial charge is 0.263 e. The predicted octanol–water partition coefficient (Wildman–Crippen LogP) is 3.47. The van der Waals surface area contributed by atoms with Crippen molar-refractivity contribution < 1.29 is 27.5 Å². The zero-order chi connectivity index (χ0) is 27.3. The fourth-order valence-electron chi connectivity index (χ4n) is 4.07. The molecule has 38 heavy (non-hydrogen) atoms. The average Bonchev–Trinajstić information content (AvgIpc) is 2.94. The number of carbonyl (C=O) groups is 2. The number of rotatable bonds is 9. The Hall–Kier alpha value is -3.60. The number of hydrogen-bond donors (Lipinski definition) is 1. The quantitative estimate of drug-likeness (QED) is 0.432. The van der Waals surface area contributed by atoms with Crippen LogP contribution >= 0.6 is 11.6 Å². The highest BCUT2D eigenvalue weighted by Crippen LogP contribution is 2.34. The first-order valence-corrected chi connectivity index (χ1v) is 13.8. The molecule has 4 rings (SSSR count). The zero-order valence-electron chi connectivity index (χ0n) is 21.0. The van der Waals surface area contributed by atoms with Gasteiger partial charge in [-0.15, -0.1) is 0 Å². The van der Waals surface area contributed by atoms with Crippen molar-refractivity contribution in [1.29, 1.82) is 0 Å². The second-order valence-electron chi connectivity index (χ2n) is 8.51. The molecular weight excluding hydrogens is 530 g/mol. The third kappa shape index (κ3) is 5.93. The number of methoxy groups -OCH3 is 1. The number of carbonyl (C=O) groups excluding carboxylic acids is 2. The van der Waals surface area contributed by atoms with Crippen molar-refractivity contribution in [2.75, 3.05) is 31.6 Å². The molecule has 1 N–H and O–H groups in total. The van der Waals surface area contributed by atoms with Gasteiger partial charge in [-0.3, -0.25) is 9.59 Å². The first kappa shape index (κ1) is 27.4. The van der Waals surface area contributed by atoms with E-state index in [1.165, 1.54) is 30.2 Å². The monoisotopic (exact) mass is 557 g/mol. The first-order valence-electron chi connectivity index (χ1n) is 12.0. The van der Waals surface area contributed by atoms with Crippen molar-refractivity contribution in [3.05, 3.63) is 83.4 Å². The number of hydrogen-bond acceptors (Lipinski definition) is 6. The number of nitrogens with zero attached hydrogens (tertiary/aromatic N) is 2. The standard InChI is InChI=1S/C27H28ClN3O6S/c1-3-30(38(34,35)20-13-14-23(36-2)21(28)15-20)18-26(32)31-17-25(37-24-12-8-7-11-22(24)31)27(33)29-16-19-9-5-4-6-10-19/h4-15,25H,3,16-18H2,1-2H3,(H,29,33)/t25-/m1/s1. The molecule has 0 fully saturated rings. The van der Waals surface area contributed by atoms with E-state index in [1.807, 2.05) is 30.3 Å². The maximum atomic E-state index is 13.5. The van der Waals surface area contributed by atoms with E-state index in [4.69, 9.17) is 21.1 Å². The van der Waals surface area contributed by atoms with Crippen molar-refractivity contribution in [3.63, 3.8) is 0 Å². The summed E-state index contributed by atoms with van der Waals surface area (Å²) in [4.78, 5) is 27.8. The Kier molecular flexibility index (Phi) is 8.55. The molecule has 1 aliphatic rings. The lowest BCUT2D eigenvalue weighted by Crippen LogP contribution is -2.53. The van der Waals surface area contributed by atoms with Gasteiger partial charge in [-0.2, -0.15) is 4.31 Å². The molecule has 0 radical (unpaired) electrons. The molecule has 1 atom stereocenters. The molecule has 2 amide bonds. The van der Waals surface area contributed by atoms with Crippen molar-refractivity contribution in [2.45, 2.75) is 24.5 Å². The highest BCUT2D eigenvalue weighted by Gasteiger charge is 2.36. The van der Waals surface area contributed by atoms with E-state index in [9.17, 15) is 18.0 Å². The van der Waals surface area contributed by atoms with E-state index in [2.05, 4.69) is 5.32 Å². The van der Waals surface area contributed by atoms with Crippen LogP contribution in [0.5, 0.6) is 11.5 Å². The lowest BCUT2D eigenvalue weighted by atomic mass is 10.1. The van der Waals surface area contributed by atoms with Gasteiger partial charge in [0, 0.05) is 13.1 Å². The molecule has 0 aromatic heterocycles. The van der Waals surface area contributed by atoms with Crippen LogP contribution < -0.4 is 19.7 Å². The predicted molar refractivity (Wildman–Crippen MR) is 144 cm³/mol. The number of fused-ring (bicyclic) bond motifs is 1. The molecule has 1 aliphatic heterocycles. The third-order valence-electron chi connectivity index (χ3n) is 6.10. The van der Waals surface area contributed by atoms with Crippen molar-refractivity contribution in [1.82, 2.24) is 9.62 Å². The molecule has 1 heterocycles. The minimum absolute atomic E-state index is 0.0463. The number of sulfonamides is 1. The zero-order valence-corrected chi connectivity index (χ0v) is 22.5. The number of para-hydroxylation sites is 2. The van der Waals surface area contributed by atoms with Gasteiger partial charge in [0.05, 0.1) is 35.8 Å². The van der Waals surface area contributed by atoms with Gasteiger partial charge in [0.1, 0.15) is 11.5 Å². The van der Waals surface area contributed by atoms with Gasteiger partial charge < -0.3 is 19.7 Å². The largest absolute Gasteiger partial charge is 0.495 e. The van der Waals surface area contributed by atoms with Gasteiger partial charge in [-0.05, 0) is 35.9 Å². The summed E-state index contributed by atoms with van der Waals surface area (Å²) in [6.07, 6.45) is -0.968. The molecule has 3 aromatic carbocycles. The highest BCUT2D eigenvalue weighted by molar-refractivity contribution is 7.89. The Balaban J connectivity index is 1.53. The fourth-order valence-corrected chi connectivity index (χ4v) is 5.81. The number of amides is 2. The summed E-state index contributed by atoms with van der Waals surface area (Å²) >= 11 is 6.14. The third-order valence-corrected chi connectivity index (χ3v) is 8.31. The fraction of sp³-hybridized carbons (Fsp3) is 0.259. The van der Waals surface area contributed by atoms with E-state index in [0.29, 0.717) is 23.7 Å². The molecule has 0 unspecified atom stereocenters. The maximum Gasteiger partial charge on any atom is 0.263 e. The van der Waals surface area contributed by atoms with Gasteiger partial charge in [0.25, 0.3) is 5.91 Å². The molecule has 0 aliphatic carbocycles. The van der Waals surface area contributed by atoms with Crippen LogP contribution in [0, 0.1) is 0 Å². The van der Waals surface area contributed by atoms with Gasteiger partial charge in [-0.25, -0.2) is 8.42 Å². The Morgan fingerprint density at radius 1 is 1.11 bits per heavy atom. The summed E-state index contributed by atoms with van der Waals surface area (Å²) in [6.45, 7) is 1.49. The Morgan fingerprint density at radius 3 is 2.50 bits per heavy atom. The average molecular weight is 558 g/mol. The number of halogens is 1. The van der Waals surface area contributed by atoms with Crippen LogP contribution in [0.4, 0.5) is 5.69 Å².